The molecule has 4 rings (SSSR count). The second-order valence-corrected chi connectivity index (χ2v) is 8.59. The molecule has 2 amide bonds. The lowest BCUT2D eigenvalue weighted by Crippen LogP contribution is -2.40. The number of rotatable bonds is 4. The standard InChI is InChI=1S/C21H19BrN4O2S/c1-14-12-19(27)24-17-4-2-3-5-18(17)26(14)20(28)13-29-21-23-10-11-25(21)16-8-6-15(22)7-9-16/h2-11,14H,12-13H2,1H3,(H,24,27). The SMILES string of the molecule is CC1CC(=O)Nc2ccccc2N1C(=O)CSc1nccn1-c1ccc(Br)cc1. The number of fused-ring (bicyclic) bond motifs is 1. The fraction of sp³-hybridized carbons (Fsp3) is 0.190. The van der Waals surface area contributed by atoms with E-state index in [1.165, 1.54) is 11.8 Å². The summed E-state index contributed by atoms with van der Waals surface area (Å²) in [5.41, 5.74) is 2.37. The average Bonchev–Trinajstić information content (AvgIpc) is 3.12. The second-order valence-electron chi connectivity index (χ2n) is 6.73. The number of benzene rings is 2. The van der Waals surface area contributed by atoms with Crippen LogP contribution in [0.15, 0.2) is 70.6 Å². The maximum Gasteiger partial charge on any atom is 0.237 e. The number of imidazole rings is 1. The maximum absolute atomic E-state index is 13.1. The summed E-state index contributed by atoms with van der Waals surface area (Å²) in [7, 11) is 0. The zero-order chi connectivity index (χ0) is 20.4. The molecular formula is C21H19BrN4O2S. The van der Waals surface area contributed by atoms with Gasteiger partial charge in [-0.3, -0.25) is 14.2 Å². The number of carbonyl (C=O) groups is 2. The third kappa shape index (κ3) is 4.23. The first-order chi connectivity index (χ1) is 14.0. The summed E-state index contributed by atoms with van der Waals surface area (Å²) >= 11 is 4.82. The quantitative estimate of drug-likeness (QED) is 0.570. The average molecular weight is 471 g/mol. The van der Waals surface area contributed by atoms with E-state index in [2.05, 4.69) is 26.2 Å². The summed E-state index contributed by atoms with van der Waals surface area (Å²) in [6, 6.07) is 15.1. The highest BCUT2D eigenvalue weighted by Gasteiger charge is 2.29. The molecule has 1 aliphatic rings. The number of anilines is 2. The molecule has 1 aliphatic heterocycles. The molecule has 29 heavy (non-hydrogen) atoms. The van der Waals surface area contributed by atoms with Gasteiger partial charge in [-0.05, 0) is 43.3 Å². The van der Waals surface area contributed by atoms with E-state index >= 15 is 0 Å². The van der Waals surface area contributed by atoms with Crippen molar-refractivity contribution in [2.24, 2.45) is 0 Å². The van der Waals surface area contributed by atoms with Gasteiger partial charge < -0.3 is 10.2 Å². The molecule has 0 aliphatic carbocycles. The number of thioether (sulfide) groups is 1. The Bertz CT molecular complexity index is 1050. The van der Waals surface area contributed by atoms with Crippen molar-refractivity contribution >= 4 is 50.9 Å². The first-order valence-corrected chi connectivity index (χ1v) is 10.9. The van der Waals surface area contributed by atoms with E-state index in [0.717, 1.165) is 21.0 Å². The number of aromatic nitrogens is 2. The summed E-state index contributed by atoms with van der Waals surface area (Å²) in [6.07, 6.45) is 3.86. The van der Waals surface area contributed by atoms with Crippen molar-refractivity contribution in [2.75, 3.05) is 16.0 Å². The number of carbonyl (C=O) groups excluding carboxylic acids is 2. The third-order valence-electron chi connectivity index (χ3n) is 4.66. The highest BCUT2D eigenvalue weighted by Crippen LogP contribution is 2.32. The first kappa shape index (κ1) is 19.7. The van der Waals surface area contributed by atoms with Gasteiger partial charge in [0.25, 0.3) is 0 Å². The fourth-order valence-corrected chi connectivity index (χ4v) is 4.46. The van der Waals surface area contributed by atoms with Gasteiger partial charge in [-0.1, -0.05) is 39.8 Å². The minimum Gasteiger partial charge on any atom is -0.324 e. The smallest absolute Gasteiger partial charge is 0.237 e. The topological polar surface area (TPSA) is 67.2 Å². The molecule has 0 saturated carbocycles. The van der Waals surface area contributed by atoms with Crippen LogP contribution in [-0.4, -0.2) is 33.2 Å². The van der Waals surface area contributed by atoms with E-state index in [1.807, 2.05) is 66.2 Å². The summed E-state index contributed by atoms with van der Waals surface area (Å²) in [6.45, 7) is 1.90. The molecule has 0 radical (unpaired) electrons. The van der Waals surface area contributed by atoms with Gasteiger partial charge in [0, 0.05) is 35.0 Å². The van der Waals surface area contributed by atoms with Crippen LogP contribution in [0.4, 0.5) is 11.4 Å². The Morgan fingerprint density at radius 2 is 2.00 bits per heavy atom. The molecule has 1 unspecified atom stereocenters. The molecular weight excluding hydrogens is 452 g/mol. The van der Waals surface area contributed by atoms with E-state index in [-0.39, 0.29) is 30.0 Å². The van der Waals surface area contributed by atoms with Gasteiger partial charge in [-0.25, -0.2) is 4.98 Å². The van der Waals surface area contributed by atoms with Crippen LogP contribution < -0.4 is 10.2 Å². The number of hydrogen-bond donors (Lipinski definition) is 1. The molecule has 0 spiro atoms. The summed E-state index contributed by atoms with van der Waals surface area (Å²) in [4.78, 5) is 31.4. The summed E-state index contributed by atoms with van der Waals surface area (Å²) in [5, 5.41) is 3.62. The van der Waals surface area contributed by atoms with Crippen LogP contribution in [0.2, 0.25) is 0 Å². The monoisotopic (exact) mass is 470 g/mol. The van der Waals surface area contributed by atoms with E-state index < -0.39 is 0 Å². The van der Waals surface area contributed by atoms with E-state index in [4.69, 9.17) is 0 Å². The zero-order valence-corrected chi connectivity index (χ0v) is 18.1. The molecule has 1 aromatic heterocycles. The molecule has 8 heteroatoms. The predicted octanol–water partition coefficient (Wildman–Crippen LogP) is 4.49. The van der Waals surface area contributed by atoms with Crippen LogP contribution in [0.25, 0.3) is 5.69 Å². The Morgan fingerprint density at radius 3 is 2.79 bits per heavy atom. The minimum absolute atomic E-state index is 0.0585. The Kier molecular flexibility index (Phi) is 5.73. The van der Waals surface area contributed by atoms with E-state index in [9.17, 15) is 9.59 Å². The van der Waals surface area contributed by atoms with Crippen LogP contribution >= 0.6 is 27.7 Å². The van der Waals surface area contributed by atoms with Crippen LogP contribution in [0.3, 0.4) is 0 Å². The van der Waals surface area contributed by atoms with Crippen LogP contribution in [-0.2, 0) is 9.59 Å². The Morgan fingerprint density at radius 1 is 1.24 bits per heavy atom. The molecule has 2 aromatic carbocycles. The van der Waals surface area contributed by atoms with E-state index in [0.29, 0.717) is 5.69 Å². The van der Waals surface area contributed by atoms with Crippen molar-refractivity contribution in [3.63, 3.8) is 0 Å². The summed E-state index contributed by atoms with van der Waals surface area (Å²) in [5.74, 6) is 0.0796. The van der Waals surface area contributed by atoms with Crippen LogP contribution in [0.5, 0.6) is 0 Å². The lowest BCUT2D eigenvalue weighted by Gasteiger charge is -2.27. The number of para-hydroxylation sites is 2. The van der Waals surface area contributed by atoms with E-state index in [1.54, 1.807) is 11.1 Å². The highest BCUT2D eigenvalue weighted by atomic mass is 79.9. The zero-order valence-electron chi connectivity index (χ0n) is 15.7. The largest absolute Gasteiger partial charge is 0.324 e. The molecule has 1 N–H and O–H groups in total. The first-order valence-electron chi connectivity index (χ1n) is 9.16. The number of nitrogens with one attached hydrogen (secondary N) is 1. The number of halogens is 1. The Hall–Kier alpha value is -2.58. The van der Waals surface area contributed by atoms with Crippen molar-refractivity contribution in [3.05, 3.63) is 65.4 Å². The normalized spacial score (nSPS) is 16.1. The number of hydrogen-bond acceptors (Lipinski definition) is 4. The highest BCUT2D eigenvalue weighted by molar-refractivity contribution is 9.10. The maximum atomic E-state index is 13.1. The summed E-state index contributed by atoms with van der Waals surface area (Å²) < 4.78 is 2.96. The van der Waals surface area contributed by atoms with Crippen molar-refractivity contribution in [2.45, 2.75) is 24.5 Å². The molecule has 0 saturated heterocycles. The molecule has 0 fully saturated rings. The number of nitrogens with zero attached hydrogens (tertiary/aromatic N) is 3. The Balaban J connectivity index is 1.54. The lowest BCUT2D eigenvalue weighted by atomic mass is 10.2. The van der Waals surface area contributed by atoms with Crippen LogP contribution in [0, 0.1) is 0 Å². The van der Waals surface area contributed by atoms with Gasteiger partial charge in [0.1, 0.15) is 0 Å². The number of amides is 2. The molecule has 1 atom stereocenters. The van der Waals surface area contributed by atoms with Crippen molar-refractivity contribution in [1.82, 2.24) is 9.55 Å². The van der Waals surface area contributed by atoms with Crippen LogP contribution in [0.1, 0.15) is 13.3 Å². The molecule has 2 heterocycles. The van der Waals surface area contributed by atoms with Gasteiger partial charge in [0.15, 0.2) is 5.16 Å². The lowest BCUT2D eigenvalue weighted by molar-refractivity contribution is -0.117. The van der Waals surface area contributed by atoms with Gasteiger partial charge in [-0.15, -0.1) is 0 Å². The van der Waals surface area contributed by atoms with Gasteiger partial charge in [-0.2, -0.15) is 0 Å². The van der Waals surface area contributed by atoms with Gasteiger partial charge >= 0.3 is 0 Å². The molecule has 3 aromatic rings. The predicted molar refractivity (Wildman–Crippen MR) is 119 cm³/mol. The molecule has 0 bridgehead atoms. The minimum atomic E-state index is -0.224. The Labute approximate surface area is 181 Å². The van der Waals surface area contributed by atoms with Gasteiger partial charge in [0.05, 0.1) is 17.1 Å². The van der Waals surface area contributed by atoms with Crippen molar-refractivity contribution in [1.29, 1.82) is 0 Å². The van der Waals surface area contributed by atoms with Crippen molar-refractivity contribution in [3.8, 4) is 5.69 Å². The fourth-order valence-electron chi connectivity index (χ4n) is 3.36. The van der Waals surface area contributed by atoms with Crippen molar-refractivity contribution < 1.29 is 9.59 Å². The second kappa shape index (κ2) is 8.42. The molecule has 148 valence electrons. The van der Waals surface area contributed by atoms with Gasteiger partial charge in [0.2, 0.25) is 11.8 Å². The molecule has 6 nitrogen and oxygen atoms in total. The third-order valence-corrected chi connectivity index (χ3v) is 6.14.